The van der Waals surface area contributed by atoms with Crippen LogP contribution in [0.25, 0.3) is 0 Å². The zero-order chi connectivity index (χ0) is 14.0. The topological polar surface area (TPSA) is 55.2 Å². The van der Waals surface area contributed by atoms with Gasteiger partial charge in [-0.25, -0.2) is 0 Å². The van der Waals surface area contributed by atoms with Gasteiger partial charge >= 0.3 is 5.69 Å². The molecule has 0 spiro atoms. The van der Waals surface area contributed by atoms with Crippen LogP contribution in [0.4, 0.5) is 15.8 Å². The van der Waals surface area contributed by atoms with Gasteiger partial charge in [0.25, 0.3) is 0 Å². The Morgan fingerprint density at radius 1 is 1.42 bits per heavy atom. The van der Waals surface area contributed by atoms with Crippen molar-refractivity contribution in [3.05, 3.63) is 55.5 Å². The molecule has 0 amide bonds. The number of anilines is 1. The number of para-hydroxylation sites is 1. The van der Waals surface area contributed by atoms with E-state index < -0.39 is 16.4 Å². The highest BCUT2D eigenvalue weighted by Crippen LogP contribution is 2.33. The second kappa shape index (κ2) is 5.54. The summed E-state index contributed by atoms with van der Waals surface area (Å²) in [4.78, 5) is 11.1. The predicted octanol–water partition coefficient (Wildman–Crippen LogP) is 4.62. The van der Waals surface area contributed by atoms with Crippen molar-refractivity contribution >= 4 is 34.3 Å². The van der Waals surface area contributed by atoms with Gasteiger partial charge in [0, 0.05) is 4.88 Å². The Labute approximate surface area is 118 Å². The van der Waals surface area contributed by atoms with E-state index in [9.17, 15) is 14.5 Å². The van der Waals surface area contributed by atoms with Gasteiger partial charge in [0.1, 0.15) is 5.69 Å². The van der Waals surface area contributed by atoms with Crippen molar-refractivity contribution in [2.45, 2.75) is 13.0 Å². The van der Waals surface area contributed by atoms with Crippen LogP contribution in [0.5, 0.6) is 0 Å². The van der Waals surface area contributed by atoms with E-state index in [0.29, 0.717) is 4.34 Å². The van der Waals surface area contributed by atoms with Crippen LogP contribution in [0.2, 0.25) is 4.34 Å². The van der Waals surface area contributed by atoms with Crippen molar-refractivity contribution < 1.29 is 9.31 Å². The van der Waals surface area contributed by atoms with Crippen molar-refractivity contribution in [2.75, 3.05) is 5.32 Å². The minimum Gasteiger partial charge on any atom is -0.372 e. The number of nitrogens with zero attached hydrogens (tertiary/aromatic N) is 1. The fourth-order valence-corrected chi connectivity index (χ4v) is 2.75. The molecule has 0 aliphatic carbocycles. The third-order valence-electron chi connectivity index (χ3n) is 2.56. The summed E-state index contributed by atoms with van der Waals surface area (Å²) in [7, 11) is 0. The summed E-state index contributed by atoms with van der Waals surface area (Å²) < 4.78 is 14.1. The summed E-state index contributed by atoms with van der Waals surface area (Å²) in [5, 5.41) is 13.8. The van der Waals surface area contributed by atoms with Crippen LogP contribution in [0.3, 0.4) is 0 Å². The number of hydrogen-bond acceptors (Lipinski definition) is 4. The van der Waals surface area contributed by atoms with E-state index in [4.69, 9.17) is 11.6 Å². The van der Waals surface area contributed by atoms with E-state index in [1.54, 1.807) is 6.07 Å². The minimum absolute atomic E-state index is 0.155. The second-order valence-electron chi connectivity index (χ2n) is 3.90. The Bertz CT molecular complexity index is 618. The lowest BCUT2D eigenvalue weighted by molar-refractivity contribution is -0.386. The van der Waals surface area contributed by atoms with E-state index in [1.165, 1.54) is 23.5 Å². The van der Waals surface area contributed by atoms with E-state index >= 15 is 0 Å². The lowest BCUT2D eigenvalue weighted by Gasteiger charge is -2.13. The SMILES string of the molecule is CC(Nc1cccc(F)c1[N+](=O)[O-])c1ccc(Cl)s1. The smallest absolute Gasteiger partial charge is 0.327 e. The minimum atomic E-state index is -0.855. The normalized spacial score (nSPS) is 12.2. The van der Waals surface area contributed by atoms with Crippen molar-refractivity contribution in [1.82, 2.24) is 0 Å². The van der Waals surface area contributed by atoms with Crippen LogP contribution in [-0.4, -0.2) is 4.92 Å². The van der Waals surface area contributed by atoms with E-state index in [2.05, 4.69) is 5.32 Å². The first-order valence-corrected chi connectivity index (χ1v) is 6.63. The van der Waals surface area contributed by atoms with Crippen LogP contribution in [0.15, 0.2) is 30.3 Å². The third kappa shape index (κ3) is 3.02. The van der Waals surface area contributed by atoms with Gasteiger partial charge < -0.3 is 5.32 Å². The lowest BCUT2D eigenvalue weighted by atomic mass is 10.2. The maximum atomic E-state index is 13.5. The quantitative estimate of drug-likeness (QED) is 0.662. The Hall–Kier alpha value is -1.66. The Balaban J connectivity index is 2.28. The van der Waals surface area contributed by atoms with Crippen molar-refractivity contribution in [1.29, 1.82) is 0 Å². The Morgan fingerprint density at radius 2 is 2.16 bits per heavy atom. The number of rotatable bonds is 4. The molecule has 0 aliphatic rings. The largest absolute Gasteiger partial charge is 0.372 e. The summed E-state index contributed by atoms with van der Waals surface area (Å²) in [5.74, 6) is -0.855. The fraction of sp³-hybridized carbons (Fsp3) is 0.167. The predicted molar refractivity (Wildman–Crippen MR) is 74.4 cm³/mol. The number of nitrogens with one attached hydrogen (secondary N) is 1. The van der Waals surface area contributed by atoms with E-state index in [1.807, 2.05) is 13.0 Å². The number of nitro groups is 1. The molecule has 0 aliphatic heterocycles. The molecule has 0 bridgehead atoms. The summed E-state index contributed by atoms with van der Waals surface area (Å²) in [6.07, 6.45) is 0. The Kier molecular flexibility index (Phi) is 4.01. The van der Waals surface area contributed by atoms with E-state index in [0.717, 1.165) is 10.9 Å². The molecule has 2 aromatic rings. The first-order chi connectivity index (χ1) is 8.99. The van der Waals surface area contributed by atoms with Gasteiger partial charge in [-0.05, 0) is 31.2 Å². The molecule has 1 aromatic carbocycles. The zero-order valence-electron chi connectivity index (χ0n) is 9.89. The highest BCUT2D eigenvalue weighted by Gasteiger charge is 2.21. The molecular weight excluding hydrogens is 291 g/mol. The van der Waals surface area contributed by atoms with Gasteiger partial charge in [0.2, 0.25) is 5.82 Å². The molecule has 7 heteroatoms. The summed E-state index contributed by atoms with van der Waals surface area (Å²) in [5.41, 5.74) is -0.390. The van der Waals surface area contributed by atoms with Gasteiger partial charge in [-0.1, -0.05) is 17.7 Å². The molecule has 0 saturated heterocycles. The molecule has 1 N–H and O–H groups in total. The monoisotopic (exact) mass is 300 g/mol. The molecular formula is C12H10ClFN2O2S. The molecule has 19 heavy (non-hydrogen) atoms. The number of nitro benzene ring substituents is 1. The highest BCUT2D eigenvalue weighted by molar-refractivity contribution is 7.16. The van der Waals surface area contributed by atoms with Crippen molar-refractivity contribution in [2.24, 2.45) is 0 Å². The molecule has 4 nitrogen and oxygen atoms in total. The number of hydrogen-bond donors (Lipinski definition) is 1. The maximum Gasteiger partial charge on any atom is 0.327 e. The molecule has 1 unspecified atom stereocenters. The van der Waals surface area contributed by atoms with Crippen molar-refractivity contribution in [3.8, 4) is 0 Å². The molecule has 0 fully saturated rings. The van der Waals surface area contributed by atoms with Crippen molar-refractivity contribution in [3.63, 3.8) is 0 Å². The Morgan fingerprint density at radius 3 is 2.74 bits per heavy atom. The fourth-order valence-electron chi connectivity index (χ4n) is 1.68. The van der Waals surface area contributed by atoms with Gasteiger partial charge in [0.05, 0.1) is 15.3 Å². The average Bonchev–Trinajstić information content (AvgIpc) is 2.75. The van der Waals surface area contributed by atoms with Crippen LogP contribution in [-0.2, 0) is 0 Å². The van der Waals surface area contributed by atoms with Crippen LogP contribution in [0, 0.1) is 15.9 Å². The summed E-state index contributed by atoms with van der Waals surface area (Å²) in [6, 6.07) is 7.36. The number of thiophene rings is 1. The zero-order valence-corrected chi connectivity index (χ0v) is 11.5. The van der Waals surface area contributed by atoms with E-state index in [-0.39, 0.29) is 11.7 Å². The van der Waals surface area contributed by atoms with Crippen LogP contribution in [0.1, 0.15) is 17.8 Å². The van der Waals surface area contributed by atoms with Crippen LogP contribution >= 0.6 is 22.9 Å². The van der Waals surface area contributed by atoms with Gasteiger partial charge in [-0.3, -0.25) is 10.1 Å². The van der Waals surface area contributed by atoms with Gasteiger partial charge in [-0.2, -0.15) is 4.39 Å². The summed E-state index contributed by atoms with van der Waals surface area (Å²) >= 11 is 7.21. The lowest BCUT2D eigenvalue weighted by Crippen LogP contribution is -2.07. The molecule has 2 rings (SSSR count). The number of benzene rings is 1. The van der Waals surface area contributed by atoms with Gasteiger partial charge in [0.15, 0.2) is 0 Å². The standard InChI is InChI=1S/C12H10ClFN2O2S/c1-7(10-5-6-11(13)19-10)15-9-4-2-3-8(14)12(9)16(17)18/h2-7,15H,1H3. The van der Waals surface area contributed by atoms with Gasteiger partial charge in [-0.15, -0.1) is 11.3 Å². The molecule has 1 aromatic heterocycles. The molecule has 0 radical (unpaired) electrons. The molecule has 100 valence electrons. The second-order valence-corrected chi connectivity index (χ2v) is 5.65. The maximum absolute atomic E-state index is 13.5. The third-order valence-corrected chi connectivity index (χ3v) is 3.98. The molecule has 1 atom stereocenters. The number of halogens is 2. The summed E-state index contributed by atoms with van der Waals surface area (Å²) in [6.45, 7) is 1.83. The molecule has 1 heterocycles. The highest BCUT2D eigenvalue weighted by atomic mass is 35.5. The first-order valence-electron chi connectivity index (χ1n) is 5.43. The van der Waals surface area contributed by atoms with Crippen LogP contribution < -0.4 is 5.32 Å². The average molecular weight is 301 g/mol. The molecule has 0 saturated carbocycles. The first kappa shape index (κ1) is 13.8.